The molecule has 2 rings (SSSR count). The smallest absolute Gasteiger partial charge is 0.251 e. The molecule has 0 fully saturated rings. The molecule has 98 valence electrons. The van der Waals surface area contributed by atoms with Gasteiger partial charge >= 0.3 is 0 Å². The number of nitrogens with one attached hydrogen (secondary N) is 2. The standard InChI is InChI=1S/C14H16N4O/c1-10-7-11(14(19)15-2)3-4-13(10)18-9-12-8-16-5-6-17-12/h3-8,18H,9H2,1-2H3,(H,15,19). The van der Waals surface area contributed by atoms with E-state index in [1.807, 2.05) is 19.1 Å². The zero-order chi connectivity index (χ0) is 13.7. The normalized spacial score (nSPS) is 10.0. The highest BCUT2D eigenvalue weighted by molar-refractivity contribution is 5.94. The van der Waals surface area contributed by atoms with Crippen LogP contribution in [0.1, 0.15) is 21.6 Å². The van der Waals surface area contributed by atoms with Gasteiger partial charge < -0.3 is 10.6 Å². The first-order valence-corrected chi connectivity index (χ1v) is 6.02. The molecule has 2 aromatic rings. The number of hydrogen-bond acceptors (Lipinski definition) is 4. The number of carbonyl (C=O) groups excluding carboxylic acids is 1. The van der Waals surface area contributed by atoms with Crippen LogP contribution in [-0.2, 0) is 6.54 Å². The van der Waals surface area contributed by atoms with Crippen LogP contribution < -0.4 is 10.6 Å². The lowest BCUT2D eigenvalue weighted by atomic mass is 10.1. The molecule has 19 heavy (non-hydrogen) atoms. The summed E-state index contributed by atoms with van der Waals surface area (Å²) in [7, 11) is 1.62. The molecule has 0 aliphatic rings. The van der Waals surface area contributed by atoms with Crippen LogP contribution in [0.5, 0.6) is 0 Å². The number of aryl methyl sites for hydroxylation is 1. The molecule has 0 radical (unpaired) electrons. The van der Waals surface area contributed by atoms with Crippen molar-refractivity contribution in [1.82, 2.24) is 15.3 Å². The van der Waals surface area contributed by atoms with E-state index in [0.717, 1.165) is 16.9 Å². The lowest BCUT2D eigenvalue weighted by Crippen LogP contribution is -2.17. The van der Waals surface area contributed by atoms with Gasteiger partial charge in [-0.25, -0.2) is 0 Å². The molecule has 0 atom stereocenters. The van der Waals surface area contributed by atoms with Crippen molar-refractivity contribution in [3.05, 3.63) is 53.6 Å². The SMILES string of the molecule is CNC(=O)c1ccc(NCc2cnccn2)c(C)c1. The summed E-state index contributed by atoms with van der Waals surface area (Å²) in [6, 6.07) is 5.55. The van der Waals surface area contributed by atoms with Gasteiger partial charge in [0.2, 0.25) is 0 Å². The van der Waals surface area contributed by atoms with Crippen molar-refractivity contribution < 1.29 is 4.79 Å². The summed E-state index contributed by atoms with van der Waals surface area (Å²) < 4.78 is 0. The quantitative estimate of drug-likeness (QED) is 0.874. The summed E-state index contributed by atoms with van der Waals surface area (Å²) in [5.74, 6) is -0.0800. The number of rotatable bonds is 4. The van der Waals surface area contributed by atoms with Crippen LogP contribution in [-0.4, -0.2) is 22.9 Å². The lowest BCUT2D eigenvalue weighted by molar-refractivity contribution is 0.0963. The summed E-state index contributed by atoms with van der Waals surface area (Å²) in [6.07, 6.45) is 5.03. The second kappa shape index (κ2) is 5.95. The molecule has 0 unspecified atom stereocenters. The van der Waals surface area contributed by atoms with Crippen molar-refractivity contribution in [1.29, 1.82) is 0 Å². The molecule has 0 saturated heterocycles. The maximum atomic E-state index is 11.5. The number of hydrogen-bond donors (Lipinski definition) is 2. The Kier molecular flexibility index (Phi) is 4.07. The van der Waals surface area contributed by atoms with Crippen LogP contribution in [0.25, 0.3) is 0 Å². The van der Waals surface area contributed by atoms with Crippen LogP contribution in [0.2, 0.25) is 0 Å². The fourth-order valence-corrected chi connectivity index (χ4v) is 1.75. The van der Waals surface area contributed by atoms with E-state index in [1.54, 1.807) is 31.7 Å². The molecule has 1 amide bonds. The summed E-state index contributed by atoms with van der Waals surface area (Å²) in [6.45, 7) is 2.57. The van der Waals surface area contributed by atoms with Gasteiger partial charge in [-0.15, -0.1) is 0 Å². The minimum Gasteiger partial charge on any atom is -0.379 e. The van der Waals surface area contributed by atoms with Crippen LogP contribution in [0.15, 0.2) is 36.8 Å². The Bertz CT molecular complexity index is 569. The second-order valence-corrected chi connectivity index (χ2v) is 4.16. The van der Waals surface area contributed by atoms with Crippen molar-refractivity contribution in [2.75, 3.05) is 12.4 Å². The Hall–Kier alpha value is -2.43. The van der Waals surface area contributed by atoms with Crippen molar-refractivity contribution in [2.24, 2.45) is 0 Å². The number of aromatic nitrogens is 2. The largest absolute Gasteiger partial charge is 0.379 e. The first-order chi connectivity index (χ1) is 9.20. The first kappa shape index (κ1) is 13.0. The van der Waals surface area contributed by atoms with Gasteiger partial charge in [-0.05, 0) is 30.7 Å². The van der Waals surface area contributed by atoms with Gasteiger partial charge in [0.1, 0.15) is 0 Å². The third kappa shape index (κ3) is 3.28. The van der Waals surface area contributed by atoms with Gasteiger partial charge in [0.05, 0.1) is 18.4 Å². The molecule has 1 aromatic carbocycles. The number of carbonyl (C=O) groups is 1. The van der Waals surface area contributed by atoms with E-state index in [4.69, 9.17) is 0 Å². The third-order valence-electron chi connectivity index (χ3n) is 2.79. The van der Waals surface area contributed by atoms with E-state index in [2.05, 4.69) is 20.6 Å². The first-order valence-electron chi connectivity index (χ1n) is 6.02. The Morgan fingerprint density at radius 2 is 2.16 bits per heavy atom. The zero-order valence-corrected chi connectivity index (χ0v) is 11.0. The minimum atomic E-state index is -0.0800. The second-order valence-electron chi connectivity index (χ2n) is 4.16. The topological polar surface area (TPSA) is 66.9 Å². The average Bonchev–Trinajstić information content (AvgIpc) is 2.46. The molecule has 0 bridgehead atoms. The van der Waals surface area contributed by atoms with E-state index in [-0.39, 0.29) is 5.91 Å². The maximum absolute atomic E-state index is 11.5. The zero-order valence-electron chi connectivity index (χ0n) is 11.0. The summed E-state index contributed by atoms with van der Waals surface area (Å²) in [5, 5.41) is 5.89. The van der Waals surface area contributed by atoms with Gasteiger partial charge in [-0.2, -0.15) is 0 Å². The van der Waals surface area contributed by atoms with Crippen LogP contribution in [0.4, 0.5) is 5.69 Å². The molecule has 1 heterocycles. The monoisotopic (exact) mass is 256 g/mol. The van der Waals surface area contributed by atoms with E-state index < -0.39 is 0 Å². The molecule has 2 N–H and O–H groups in total. The van der Waals surface area contributed by atoms with Crippen LogP contribution in [0, 0.1) is 6.92 Å². The molecule has 0 aliphatic heterocycles. The average molecular weight is 256 g/mol. The predicted octanol–water partition coefficient (Wildman–Crippen LogP) is 1.76. The highest BCUT2D eigenvalue weighted by atomic mass is 16.1. The highest BCUT2D eigenvalue weighted by Gasteiger charge is 2.05. The Morgan fingerprint density at radius 3 is 2.79 bits per heavy atom. The van der Waals surface area contributed by atoms with E-state index >= 15 is 0 Å². The molecule has 5 heteroatoms. The Balaban J connectivity index is 2.07. The van der Waals surface area contributed by atoms with E-state index in [9.17, 15) is 4.79 Å². The number of amides is 1. The van der Waals surface area contributed by atoms with Gasteiger partial charge in [0, 0.05) is 30.7 Å². The molecular weight excluding hydrogens is 240 g/mol. The summed E-state index contributed by atoms with van der Waals surface area (Å²) in [4.78, 5) is 19.7. The number of nitrogens with zero attached hydrogens (tertiary/aromatic N) is 2. The van der Waals surface area contributed by atoms with Crippen molar-refractivity contribution in [2.45, 2.75) is 13.5 Å². The van der Waals surface area contributed by atoms with Crippen molar-refractivity contribution in [3.63, 3.8) is 0 Å². The van der Waals surface area contributed by atoms with Crippen molar-refractivity contribution in [3.8, 4) is 0 Å². The molecular formula is C14H16N4O. The summed E-state index contributed by atoms with van der Waals surface area (Å²) >= 11 is 0. The number of anilines is 1. The van der Waals surface area contributed by atoms with Crippen LogP contribution >= 0.6 is 0 Å². The molecule has 0 aliphatic carbocycles. The van der Waals surface area contributed by atoms with Crippen molar-refractivity contribution >= 4 is 11.6 Å². The fraction of sp³-hybridized carbons (Fsp3) is 0.214. The minimum absolute atomic E-state index is 0.0800. The summed E-state index contributed by atoms with van der Waals surface area (Å²) in [5.41, 5.74) is 3.53. The van der Waals surface area contributed by atoms with E-state index in [1.165, 1.54) is 0 Å². The molecule has 0 saturated carbocycles. The lowest BCUT2D eigenvalue weighted by Gasteiger charge is -2.10. The Labute approximate surface area is 112 Å². The van der Waals surface area contributed by atoms with Gasteiger partial charge in [0.15, 0.2) is 0 Å². The Morgan fingerprint density at radius 1 is 1.32 bits per heavy atom. The van der Waals surface area contributed by atoms with E-state index in [0.29, 0.717) is 12.1 Å². The third-order valence-corrected chi connectivity index (χ3v) is 2.79. The highest BCUT2D eigenvalue weighted by Crippen LogP contribution is 2.17. The fourth-order valence-electron chi connectivity index (χ4n) is 1.75. The molecule has 5 nitrogen and oxygen atoms in total. The van der Waals surface area contributed by atoms with Gasteiger partial charge in [-0.3, -0.25) is 14.8 Å². The predicted molar refractivity (Wildman–Crippen MR) is 73.9 cm³/mol. The molecule has 1 aromatic heterocycles. The van der Waals surface area contributed by atoms with Gasteiger partial charge in [0.25, 0.3) is 5.91 Å². The maximum Gasteiger partial charge on any atom is 0.251 e. The van der Waals surface area contributed by atoms with Gasteiger partial charge in [-0.1, -0.05) is 0 Å². The van der Waals surface area contributed by atoms with Crippen LogP contribution in [0.3, 0.4) is 0 Å². The number of benzene rings is 1. The molecule has 0 spiro atoms.